The van der Waals surface area contributed by atoms with Gasteiger partial charge in [-0.15, -0.1) is 0 Å². The maximum Gasteiger partial charge on any atom is 0.295 e. The molecule has 6 heteroatoms. The number of hydrogen-bond donors (Lipinski definition) is 1. The summed E-state index contributed by atoms with van der Waals surface area (Å²) in [6, 6.07) is 13.2. The van der Waals surface area contributed by atoms with Crippen molar-refractivity contribution in [2.45, 2.75) is 39.7 Å². The third-order valence-corrected chi connectivity index (χ3v) is 5.98. The first kappa shape index (κ1) is 20.8. The predicted octanol–water partition coefficient (Wildman–Crippen LogP) is 4.09. The normalized spacial score (nSPS) is 13.9. The largest absolute Gasteiger partial charge is 0.337 e. The number of ketones is 1. The average molecular weight is 418 g/mol. The van der Waals surface area contributed by atoms with Gasteiger partial charge in [0.25, 0.3) is 11.7 Å². The molecule has 31 heavy (non-hydrogen) atoms. The Hall–Kier alpha value is -3.41. The Morgan fingerprint density at radius 2 is 1.68 bits per heavy atom. The molecule has 2 aromatic carbocycles. The van der Waals surface area contributed by atoms with Gasteiger partial charge < -0.3 is 14.8 Å². The SMILES string of the molecule is Cc1ccc(NC(=O)Cn2cc(C(=O)C(=O)N3CCCCC3)c3ccccc32)cc1C. The van der Waals surface area contributed by atoms with Crippen molar-refractivity contribution in [1.82, 2.24) is 9.47 Å². The van der Waals surface area contributed by atoms with Crippen LogP contribution in [0, 0.1) is 13.8 Å². The van der Waals surface area contributed by atoms with Crippen LogP contribution in [0.1, 0.15) is 40.7 Å². The number of carbonyl (C=O) groups is 3. The second-order valence-electron chi connectivity index (χ2n) is 8.22. The van der Waals surface area contributed by atoms with E-state index in [-0.39, 0.29) is 12.5 Å². The molecule has 3 aromatic rings. The van der Waals surface area contributed by atoms with E-state index >= 15 is 0 Å². The molecular weight excluding hydrogens is 390 g/mol. The quantitative estimate of drug-likeness (QED) is 0.502. The van der Waals surface area contributed by atoms with Crippen molar-refractivity contribution in [1.29, 1.82) is 0 Å². The molecular formula is C25H27N3O3. The average Bonchev–Trinajstić information content (AvgIpc) is 3.14. The molecule has 2 heterocycles. The van der Waals surface area contributed by atoms with Crippen LogP contribution < -0.4 is 5.32 Å². The van der Waals surface area contributed by atoms with Crippen LogP contribution in [0.15, 0.2) is 48.7 Å². The number of piperidine rings is 1. The minimum Gasteiger partial charge on any atom is -0.337 e. The molecule has 1 aliphatic rings. The highest BCUT2D eigenvalue weighted by Gasteiger charge is 2.27. The molecule has 0 radical (unpaired) electrons. The van der Waals surface area contributed by atoms with E-state index in [0.29, 0.717) is 24.0 Å². The zero-order chi connectivity index (χ0) is 22.0. The van der Waals surface area contributed by atoms with E-state index in [1.165, 1.54) is 0 Å². The van der Waals surface area contributed by atoms with E-state index in [1.54, 1.807) is 15.7 Å². The summed E-state index contributed by atoms with van der Waals surface area (Å²) in [7, 11) is 0. The number of Topliss-reactive ketones (excluding diaryl/α,β-unsaturated/α-hetero) is 1. The van der Waals surface area contributed by atoms with Gasteiger partial charge in [-0.25, -0.2) is 0 Å². The third-order valence-electron chi connectivity index (χ3n) is 5.98. The molecule has 0 atom stereocenters. The number of nitrogens with one attached hydrogen (secondary N) is 1. The Bertz CT molecular complexity index is 1160. The Morgan fingerprint density at radius 1 is 0.935 bits per heavy atom. The summed E-state index contributed by atoms with van der Waals surface area (Å²) >= 11 is 0. The van der Waals surface area contributed by atoms with Gasteiger partial charge in [0.2, 0.25) is 5.91 Å². The smallest absolute Gasteiger partial charge is 0.295 e. The fraction of sp³-hybridized carbons (Fsp3) is 0.320. The third kappa shape index (κ3) is 4.38. The van der Waals surface area contributed by atoms with Gasteiger partial charge in [0.15, 0.2) is 0 Å². The molecule has 1 aromatic heterocycles. The number of amides is 2. The van der Waals surface area contributed by atoms with E-state index in [0.717, 1.165) is 41.6 Å². The Balaban J connectivity index is 1.57. The van der Waals surface area contributed by atoms with E-state index in [9.17, 15) is 14.4 Å². The first-order valence-corrected chi connectivity index (χ1v) is 10.7. The minimum atomic E-state index is -0.508. The van der Waals surface area contributed by atoms with Crippen molar-refractivity contribution in [3.05, 3.63) is 65.4 Å². The Kier molecular flexibility index (Phi) is 5.89. The van der Waals surface area contributed by atoms with Crippen LogP contribution in [-0.4, -0.2) is 40.2 Å². The molecule has 0 bridgehead atoms. The molecule has 1 saturated heterocycles. The second kappa shape index (κ2) is 8.76. The van der Waals surface area contributed by atoms with Gasteiger partial charge in [0.05, 0.1) is 5.56 Å². The molecule has 160 valence electrons. The number of aromatic nitrogens is 1. The summed E-state index contributed by atoms with van der Waals surface area (Å²) in [6.07, 6.45) is 4.58. The maximum absolute atomic E-state index is 13.0. The summed E-state index contributed by atoms with van der Waals surface area (Å²) in [5.41, 5.74) is 4.11. The first-order chi connectivity index (χ1) is 14.9. The number of rotatable bonds is 5. The van der Waals surface area contributed by atoms with E-state index in [2.05, 4.69) is 5.32 Å². The van der Waals surface area contributed by atoms with E-state index in [1.807, 2.05) is 56.3 Å². The molecule has 0 saturated carbocycles. The lowest BCUT2D eigenvalue weighted by Gasteiger charge is -2.25. The zero-order valence-electron chi connectivity index (χ0n) is 18.0. The van der Waals surface area contributed by atoms with Crippen molar-refractivity contribution in [2.75, 3.05) is 18.4 Å². The molecule has 1 aliphatic heterocycles. The summed E-state index contributed by atoms with van der Waals surface area (Å²) in [5, 5.41) is 3.61. The van der Waals surface area contributed by atoms with Crippen LogP contribution in [0.5, 0.6) is 0 Å². The minimum absolute atomic E-state index is 0.0542. The van der Waals surface area contributed by atoms with Gasteiger partial charge in [0.1, 0.15) is 6.54 Å². The van der Waals surface area contributed by atoms with Gasteiger partial charge in [-0.1, -0.05) is 24.3 Å². The molecule has 1 fully saturated rings. The first-order valence-electron chi connectivity index (χ1n) is 10.7. The molecule has 6 nitrogen and oxygen atoms in total. The number of benzene rings is 2. The highest BCUT2D eigenvalue weighted by atomic mass is 16.2. The number of fused-ring (bicyclic) bond motifs is 1. The highest BCUT2D eigenvalue weighted by molar-refractivity contribution is 6.44. The Labute approximate surface area is 181 Å². The maximum atomic E-state index is 13.0. The number of aryl methyl sites for hydroxylation is 2. The molecule has 0 aliphatic carbocycles. The van der Waals surface area contributed by atoms with Crippen molar-refractivity contribution in [2.24, 2.45) is 0 Å². The number of hydrogen-bond acceptors (Lipinski definition) is 3. The zero-order valence-corrected chi connectivity index (χ0v) is 18.0. The van der Waals surface area contributed by atoms with Crippen LogP contribution in [0.2, 0.25) is 0 Å². The molecule has 0 spiro atoms. The number of para-hydroxylation sites is 1. The topological polar surface area (TPSA) is 71.4 Å². The van der Waals surface area contributed by atoms with Crippen LogP contribution in [0.4, 0.5) is 5.69 Å². The molecule has 4 rings (SSSR count). The Morgan fingerprint density at radius 3 is 2.42 bits per heavy atom. The van der Waals surface area contributed by atoms with E-state index < -0.39 is 11.7 Å². The summed E-state index contributed by atoms with van der Waals surface area (Å²) in [4.78, 5) is 40.1. The predicted molar refractivity (Wildman–Crippen MR) is 121 cm³/mol. The van der Waals surface area contributed by atoms with Crippen LogP contribution in [0.3, 0.4) is 0 Å². The fourth-order valence-electron chi connectivity index (χ4n) is 4.09. The molecule has 2 amide bonds. The summed E-state index contributed by atoms with van der Waals surface area (Å²) in [5.74, 6) is -1.15. The lowest BCUT2D eigenvalue weighted by Crippen LogP contribution is -2.40. The fourth-order valence-corrected chi connectivity index (χ4v) is 4.09. The lowest BCUT2D eigenvalue weighted by molar-refractivity contribution is -0.127. The number of anilines is 1. The van der Waals surface area contributed by atoms with E-state index in [4.69, 9.17) is 0 Å². The number of nitrogens with zero attached hydrogens (tertiary/aromatic N) is 2. The monoisotopic (exact) mass is 417 g/mol. The molecule has 0 unspecified atom stereocenters. The van der Waals surface area contributed by atoms with Crippen LogP contribution in [0.25, 0.3) is 10.9 Å². The van der Waals surface area contributed by atoms with Crippen LogP contribution >= 0.6 is 0 Å². The number of carbonyl (C=O) groups excluding carboxylic acids is 3. The molecule has 1 N–H and O–H groups in total. The van der Waals surface area contributed by atoms with Crippen molar-refractivity contribution < 1.29 is 14.4 Å². The van der Waals surface area contributed by atoms with Crippen molar-refractivity contribution in [3.63, 3.8) is 0 Å². The van der Waals surface area contributed by atoms with Gasteiger partial charge in [-0.2, -0.15) is 0 Å². The van der Waals surface area contributed by atoms with Gasteiger partial charge in [-0.3, -0.25) is 14.4 Å². The van der Waals surface area contributed by atoms with Gasteiger partial charge in [-0.05, 0) is 62.4 Å². The summed E-state index contributed by atoms with van der Waals surface area (Å²) in [6.45, 7) is 5.33. The van der Waals surface area contributed by atoms with Crippen molar-refractivity contribution >= 4 is 34.2 Å². The van der Waals surface area contributed by atoms with Gasteiger partial charge in [0, 0.05) is 35.9 Å². The highest BCUT2D eigenvalue weighted by Crippen LogP contribution is 2.23. The summed E-state index contributed by atoms with van der Waals surface area (Å²) < 4.78 is 1.74. The van der Waals surface area contributed by atoms with Gasteiger partial charge >= 0.3 is 0 Å². The standard InChI is InChI=1S/C25H27N3O3/c1-17-10-11-19(14-18(17)2)26-23(29)16-28-15-21(20-8-4-5-9-22(20)28)24(30)25(31)27-12-6-3-7-13-27/h4-5,8-11,14-15H,3,6-7,12-13,16H2,1-2H3,(H,26,29). The van der Waals surface area contributed by atoms with Crippen LogP contribution in [-0.2, 0) is 16.1 Å². The van der Waals surface area contributed by atoms with Crippen molar-refractivity contribution in [3.8, 4) is 0 Å². The second-order valence-corrected chi connectivity index (χ2v) is 8.22. The lowest BCUT2D eigenvalue weighted by atomic mass is 10.1. The number of likely N-dealkylation sites (tertiary alicyclic amines) is 1.